The van der Waals surface area contributed by atoms with Crippen LogP contribution in [0, 0.1) is 17.7 Å². The molecule has 1 N–H and O–H groups in total. The number of nitrogens with zero attached hydrogens (tertiary/aromatic N) is 1. The molecule has 1 aliphatic carbocycles. The van der Waals surface area contributed by atoms with Crippen LogP contribution in [0.5, 0.6) is 0 Å². The molecule has 18 heavy (non-hydrogen) atoms. The molecule has 4 unspecified atom stereocenters. The minimum atomic E-state index is -0.272. The first-order valence-electron chi connectivity index (χ1n) is 6.99. The first-order valence-corrected chi connectivity index (χ1v) is 6.99. The van der Waals surface area contributed by atoms with Crippen LogP contribution in [0.4, 0.5) is 4.39 Å². The SMILES string of the molecule is CCC1CCC(NC(C)c2ccc(F)cn2)C1C. The quantitative estimate of drug-likeness (QED) is 0.881. The number of pyridine rings is 1. The summed E-state index contributed by atoms with van der Waals surface area (Å²) in [6.45, 7) is 6.71. The fraction of sp³-hybridized carbons (Fsp3) is 0.667. The highest BCUT2D eigenvalue weighted by Crippen LogP contribution is 2.34. The molecule has 0 spiro atoms. The molecule has 100 valence electrons. The molecule has 0 saturated heterocycles. The van der Waals surface area contributed by atoms with Crippen LogP contribution in [0.25, 0.3) is 0 Å². The summed E-state index contributed by atoms with van der Waals surface area (Å²) >= 11 is 0. The average Bonchev–Trinajstić information content (AvgIpc) is 2.71. The number of rotatable bonds is 4. The monoisotopic (exact) mass is 250 g/mol. The largest absolute Gasteiger partial charge is 0.306 e. The van der Waals surface area contributed by atoms with Crippen LogP contribution in [-0.2, 0) is 0 Å². The van der Waals surface area contributed by atoms with Crippen molar-refractivity contribution >= 4 is 0 Å². The summed E-state index contributed by atoms with van der Waals surface area (Å²) in [4.78, 5) is 4.15. The molecule has 1 aromatic heterocycles. The molecular weight excluding hydrogens is 227 g/mol. The molecule has 0 radical (unpaired) electrons. The van der Waals surface area contributed by atoms with E-state index in [1.807, 2.05) is 0 Å². The highest BCUT2D eigenvalue weighted by atomic mass is 19.1. The van der Waals surface area contributed by atoms with Gasteiger partial charge in [0.2, 0.25) is 0 Å². The lowest BCUT2D eigenvalue weighted by molar-refractivity contribution is 0.325. The van der Waals surface area contributed by atoms with E-state index in [1.165, 1.54) is 31.5 Å². The van der Waals surface area contributed by atoms with Crippen LogP contribution in [0.1, 0.15) is 51.8 Å². The van der Waals surface area contributed by atoms with Crippen LogP contribution in [0.3, 0.4) is 0 Å². The van der Waals surface area contributed by atoms with E-state index in [-0.39, 0.29) is 11.9 Å². The van der Waals surface area contributed by atoms with Gasteiger partial charge in [-0.3, -0.25) is 4.98 Å². The van der Waals surface area contributed by atoms with Crippen molar-refractivity contribution in [2.24, 2.45) is 11.8 Å². The second-order valence-electron chi connectivity index (χ2n) is 5.50. The Hall–Kier alpha value is -0.960. The van der Waals surface area contributed by atoms with Gasteiger partial charge in [0.25, 0.3) is 0 Å². The zero-order valence-corrected chi connectivity index (χ0v) is 11.5. The lowest BCUT2D eigenvalue weighted by atomic mass is 9.93. The maximum atomic E-state index is 12.8. The summed E-state index contributed by atoms with van der Waals surface area (Å²) in [5, 5.41) is 3.64. The third-order valence-electron chi connectivity index (χ3n) is 4.41. The molecule has 2 nitrogen and oxygen atoms in total. The van der Waals surface area contributed by atoms with Crippen molar-refractivity contribution < 1.29 is 4.39 Å². The standard InChI is InChI=1S/C15H23FN2/c1-4-12-5-7-14(10(12)2)18-11(3)15-8-6-13(16)9-17-15/h6,8-12,14,18H,4-5,7H2,1-3H3. The highest BCUT2D eigenvalue weighted by Gasteiger charge is 2.32. The summed E-state index contributed by atoms with van der Waals surface area (Å²) in [5.74, 6) is 1.29. The molecule has 1 saturated carbocycles. The number of hydrogen-bond donors (Lipinski definition) is 1. The van der Waals surface area contributed by atoms with Gasteiger partial charge in [0.1, 0.15) is 5.82 Å². The van der Waals surface area contributed by atoms with E-state index in [1.54, 1.807) is 6.07 Å². The van der Waals surface area contributed by atoms with E-state index in [9.17, 15) is 4.39 Å². The number of halogens is 1. The van der Waals surface area contributed by atoms with Gasteiger partial charge in [0, 0.05) is 12.1 Å². The van der Waals surface area contributed by atoms with Gasteiger partial charge in [-0.1, -0.05) is 20.3 Å². The van der Waals surface area contributed by atoms with Gasteiger partial charge in [-0.25, -0.2) is 4.39 Å². The molecule has 1 aliphatic rings. The van der Waals surface area contributed by atoms with Crippen molar-refractivity contribution in [1.29, 1.82) is 0 Å². The van der Waals surface area contributed by atoms with Gasteiger partial charge >= 0.3 is 0 Å². The van der Waals surface area contributed by atoms with Gasteiger partial charge in [-0.05, 0) is 43.7 Å². The Labute approximate surface area is 109 Å². The van der Waals surface area contributed by atoms with Crippen LogP contribution in [0.2, 0.25) is 0 Å². The summed E-state index contributed by atoms with van der Waals surface area (Å²) in [5.41, 5.74) is 0.920. The smallest absolute Gasteiger partial charge is 0.141 e. The van der Waals surface area contributed by atoms with Crippen molar-refractivity contribution in [3.05, 3.63) is 29.8 Å². The van der Waals surface area contributed by atoms with E-state index < -0.39 is 0 Å². The van der Waals surface area contributed by atoms with Crippen molar-refractivity contribution in [3.63, 3.8) is 0 Å². The Morgan fingerprint density at radius 1 is 1.44 bits per heavy atom. The first kappa shape index (κ1) is 13.5. The summed E-state index contributed by atoms with van der Waals surface area (Å²) in [7, 11) is 0. The molecule has 0 bridgehead atoms. The second kappa shape index (κ2) is 5.79. The van der Waals surface area contributed by atoms with Gasteiger partial charge in [0.05, 0.1) is 11.9 Å². The molecule has 3 heteroatoms. The Morgan fingerprint density at radius 2 is 2.22 bits per heavy atom. The van der Waals surface area contributed by atoms with Gasteiger partial charge < -0.3 is 5.32 Å². The number of hydrogen-bond acceptors (Lipinski definition) is 2. The van der Waals surface area contributed by atoms with Crippen molar-refractivity contribution in [2.75, 3.05) is 0 Å². The molecular formula is C15H23FN2. The van der Waals surface area contributed by atoms with Crippen molar-refractivity contribution in [1.82, 2.24) is 10.3 Å². The Morgan fingerprint density at radius 3 is 2.78 bits per heavy atom. The highest BCUT2D eigenvalue weighted by molar-refractivity contribution is 5.09. The maximum absolute atomic E-state index is 12.8. The van der Waals surface area contributed by atoms with Crippen molar-refractivity contribution in [2.45, 2.75) is 52.1 Å². The average molecular weight is 250 g/mol. The lowest BCUT2D eigenvalue weighted by Crippen LogP contribution is -2.35. The number of nitrogens with one attached hydrogen (secondary N) is 1. The predicted octanol–water partition coefficient (Wildman–Crippen LogP) is 3.70. The van der Waals surface area contributed by atoms with Crippen molar-refractivity contribution in [3.8, 4) is 0 Å². The predicted molar refractivity (Wildman–Crippen MR) is 71.7 cm³/mol. The third kappa shape index (κ3) is 2.89. The molecule has 4 atom stereocenters. The first-order chi connectivity index (χ1) is 8.61. The second-order valence-corrected chi connectivity index (χ2v) is 5.50. The third-order valence-corrected chi connectivity index (χ3v) is 4.41. The fourth-order valence-corrected chi connectivity index (χ4v) is 3.11. The van der Waals surface area contributed by atoms with E-state index in [4.69, 9.17) is 0 Å². The molecule has 0 aromatic carbocycles. The van der Waals surface area contributed by atoms with E-state index in [2.05, 4.69) is 31.1 Å². The topological polar surface area (TPSA) is 24.9 Å². The zero-order valence-electron chi connectivity index (χ0n) is 11.5. The zero-order chi connectivity index (χ0) is 13.1. The minimum Gasteiger partial charge on any atom is -0.306 e. The molecule has 0 aliphatic heterocycles. The summed E-state index contributed by atoms with van der Waals surface area (Å²) in [6.07, 6.45) is 5.12. The Kier molecular flexibility index (Phi) is 4.33. The Bertz CT molecular complexity index is 377. The van der Waals surface area contributed by atoms with Crippen LogP contribution >= 0.6 is 0 Å². The van der Waals surface area contributed by atoms with E-state index in [0.29, 0.717) is 6.04 Å². The molecule has 0 amide bonds. The van der Waals surface area contributed by atoms with Gasteiger partial charge in [-0.2, -0.15) is 0 Å². The molecule has 1 heterocycles. The normalized spacial score (nSPS) is 29.4. The summed E-state index contributed by atoms with van der Waals surface area (Å²) in [6, 6.07) is 4.00. The van der Waals surface area contributed by atoms with Crippen LogP contribution in [0.15, 0.2) is 18.3 Å². The van der Waals surface area contributed by atoms with Gasteiger partial charge in [-0.15, -0.1) is 0 Å². The maximum Gasteiger partial charge on any atom is 0.141 e. The number of aromatic nitrogens is 1. The summed E-state index contributed by atoms with van der Waals surface area (Å²) < 4.78 is 12.8. The molecule has 1 fully saturated rings. The molecule has 1 aromatic rings. The van der Waals surface area contributed by atoms with E-state index in [0.717, 1.165) is 17.5 Å². The van der Waals surface area contributed by atoms with Crippen LogP contribution in [-0.4, -0.2) is 11.0 Å². The van der Waals surface area contributed by atoms with Gasteiger partial charge in [0.15, 0.2) is 0 Å². The minimum absolute atomic E-state index is 0.189. The molecule has 2 rings (SSSR count). The fourth-order valence-electron chi connectivity index (χ4n) is 3.11. The van der Waals surface area contributed by atoms with E-state index >= 15 is 0 Å². The van der Waals surface area contributed by atoms with Crippen LogP contribution < -0.4 is 5.32 Å². The Balaban J connectivity index is 1.95. The lowest BCUT2D eigenvalue weighted by Gasteiger charge is -2.24.